The average Bonchev–Trinajstić information content (AvgIpc) is 2.73. The van der Waals surface area contributed by atoms with E-state index in [4.69, 9.17) is 10.5 Å². The van der Waals surface area contributed by atoms with E-state index < -0.39 is 5.54 Å². The molecule has 1 aliphatic carbocycles. The molecule has 0 aromatic rings. The van der Waals surface area contributed by atoms with Gasteiger partial charge in [-0.15, -0.1) is 0 Å². The Morgan fingerprint density at radius 2 is 2.33 bits per heavy atom. The summed E-state index contributed by atoms with van der Waals surface area (Å²) in [6.45, 7) is 5.00. The van der Waals surface area contributed by atoms with Crippen molar-refractivity contribution >= 4 is 5.91 Å². The Labute approximate surface area is 111 Å². The summed E-state index contributed by atoms with van der Waals surface area (Å²) in [5.74, 6) is 0.0999. The van der Waals surface area contributed by atoms with Crippen molar-refractivity contribution in [3.8, 4) is 0 Å². The Balaban J connectivity index is 2.43. The van der Waals surface area contributed by atoms with Gasteiger partial charge < -0.3 is 15.8 Å². The molecule has 1 rings (SSSR count). The molecule has 0 saturated heterocycles. The van der Waals surface area contributed by atoms with Crippen molar-refractivity contribution in [3.05, 3.63) is 0 Å². The van der Waals surface area contributed by atoms with Gasteiger partial charge in [0.05, 0.1) is 6.10 Å². The SMILES string of the molecule is CCCC(C)OCCC1CCCC1(NC)C(N)=O. The van der Waals surface area contributed by atoms with Crippen LogP contribution < -0.4 is 11.1 Å². The number of amides is 1. The van der Waals surface area contributed by atoms with Crippen LogP contribution in [0.3, 0.4) is 0 Å². The molecule has 0 aromatic carbocycles. The highest BCUT2D eigenvalue weighted by atomic mass is 16.5. The average molecular weight is 256 g/mol. The van der Waals surface area contributed by atoms with E-state index in [1.807, 2.05) is 7.05 Å². The van der Waals surface area contributed by atoms with Crippen molar-refractivity contribution in [2.75, 3.05) is 13.7 Å². The third kappa shape index (κ3) is 3.45. The quantitative estimate of drug-likeness (QED) is 0.696. The molecule has 1 amide bonds. The molecular weight excluding hydrogens is 228 g/mol. The molecule has 0 radical (unpaired) electrons. The number of nitrogens with two attached hydrogens (primary N) is 1. The third-order valence-electron chi connectivity index (χ3n) is 4.27. The molecule has 4 heteroatoms. The van der Waals surface area contributed by atoms with Crippen molar-refractivity contribution in [1.29, 1.82) is 0 Å². The topological polar surface area (TPSA) is 64.3 Å². The first-order valence-electron chi connectivity index (χ1n) is 7.17. The van der Waals surface area contributed by atoms with E-state index in [0.29, 0.717) is 12.0 Å². The minimum atomic E-state index is -0.503. The second kappa shape index (κ2) is 7.10. The van der Waals surface area contributed by atoms with Crippen LogP contribution in [-0.4, -0.2) is 31.2 Å². The molecule has 3 N–H and O–H groups in total. The van der Waals surface area contributed by atoms with E-state index in [9.17, 15) is 4.79 Å². The highest BCUT2D eigenvalue weighted by Gasteiger charge is 2.46. The van der Waals surface area contributed by atoms with Crippen LogP contribution >= 0.6 is 0 Å². The second-order valence-electron chi connectivity index (χ2n) is 5.43. The van der Waals surface area contributed by atoms with Crippen molar-refractivity contribution in [2.45, 2.75) is 64.0 Å². The molecule has 0 aromatic heterocycles. The lowest BCUT2D eigenvalue weighted by Gasteiger charge is -2.32. The lowest BCUT2D eigenvalue weighted by molar-refractivity contribution is -0.126. The molecule has 0 bridgehead atoms. The molecule has 1 aliphatic rings. The van der Waals surface area contributed by atoms with E-state index in [2.05, 4.69) is 19.2 Å². The van der Waals surface area contributed by atoms with Gasteiger partial charge in [0.2, 0.25) is 5.91 Å². The number of primary amides is 1. The van der Waals surface area contributed by atoms with Gasteiger partial charge in [0.1, 0.15) is 5.54 Å². The normalized spacial score (nSPS) is 29.4. The number of nitrogens with one attached hydrogen (secondary N) is 1. The maximum atomic E-state index is 11.7. The smallest absolute Gasteiger partial charge is 0.238 e. The highest BCUT2D eigenvalue weighted by molar-refractivity contribution is 5.85. The fourth-order valence-corrected chi connectivity index (χ4v) is 3.15. The summed E-state index contributed by atoms with van der Waals surface area (Å²) in [7, 11) is 1.84. The highest BCUT2D eigenvalue weighted by Crippen LogP contribution is 2.37. The van der Waals surface area contributed by atoms with Crippen molar-refractivity contribution in [1.82, 2.24) is 5.32 Å². The molecule has 1 fully saturated rings. The Bertz CT molecular complexity index is 271. The Hall–Kier alpha value is -0.610. The Morgan fingerprint density at radius 3 is 2.89 bits per heavy atom. The van der Waals surface area contributed by atoms with Crippen molar-refractivity contribution in [3.63, 3.8) is 0 Å². The Kier molecular flexibility index (Phi) is 6.09. The number of hydrogen-bond acceptors (Lipinski definition) is 3. The molecule has 4 nitrogen and oxygen atoms in total. The van der Waals surface area contributed by atoms with Crippen molar-refractivity contribution < 1.29 is 9.53 Å². The zero-order chi connectivity index (χ0) is 13.6. The van der Waals surface area contributed by atoms with Gasteiger partial charge in [0.25, 0.3) is 0 Å². The first-order chi connectivity index (χ1) is 8.56. The van der Waals surface area contributed by atoms with Gasteiger partial charge in [-0.25, -0.2) is 0 Å². The Morgan fingerprint density at radius 1 is 1.61 bits per heavy atom. The summed E-state index contributed by atoms with van der Waals surface area (Å²) >= 11 is 0. The van der Waals surface area contributed by atoms with Crippen LogP contribution in [0.1, 0.15) is 52.4 Å². The van der Waals surface area contributed by atoms with Gasteiger partial charge in [-0.3, -0.25) is 4.79 Å². The summed E-state index contributed by atoms with van der Waals surface area (Å²) in [4.78, 5) is 11.7. The molecule has 0 spiro atoms. The molecule has 3 unspecified atom stereocenters. The van der Waals surface area contributed by atoms with E-state index in [1.54, 1.807) is 0 Å². The summed E-state index contributed by atoms with van der Waals surface area (Å²) in [6, 6.07) is 0. The summed E-state index contributed by atoms with van der Waals surface area (Å²) in [5.41, 5.74) is 5.07. The van der Waals surface area contributed by atoms with Crippen LogP contribution in [0.15, 0.2) is 0 Å². The lowest BCUT2D eigenvalue weighted by atomic mass is 9.84. The zero-order valence-electron chi connectivity index (χ0n) is 12.0. The van der Waals surface area contributed by atoms with Crippen molar-refractivity contribution in [2.24, 2.45) is 11.7 Å². The molecule has 1 saturated carbocycles. The van der Waals surface area contributed by atoms with E-state index in [0.717, 1.165) is 45.1 Å². The van der Waals surface area contributed by atoms with Gasteiger partial charge in [-0.05, 0) is 45.6 Å². The number of hydrogen-bond donors (Lipinski definition) is 2. The zero-order valence-corrected chi connectivity index (χ0v) is 12.0. The maximum Gasteiger partial charge on any atom is 0.238 e. The van der Waals surface area contributed by atoms with Crippen LogP contribution in [0.25, 0.3) is 0 Å². The summed E-state index contributed by atoms with van der Waals surface area (Å²) < 4.78 is 5.78. The molecular formula is C14H28N2O2. The second-order valence-corrected chi connectivity index (χ2v) is 5.43. The van der Waals surface area contributed by atoms with Crippen LogP contribution in [-0.2, 0) is 9.53 Å². The number of likely N-dealkylation sites (N-methyl/N-ethyl adjacent to an activating group) is 1. The number of carbonyl (C=O) groups excluding carboxylic acids is 1. The predicted octanol–water partition coefficient (Wildman–Crippen LogP) is 1.83. The summed E-state index contributed by atoms with van der Waals surface area (Å²) in [6.07, 6.45) is 6.46. The number of carbonyl (C=O) groups is 1. The lowest BCUT2D eigenvalue weighted by Crippen LogP contribution is -2.56. The van der Waals surface area contributed by atoms with Crippen LogP contribution in [0, 0.1) is 5.92 Å². The van der Waals surface area contributed by atoms with Crippen LogP contribution in [0.4, 0.5) is 0 Å². The maximum absolute atomic E-state index is 11.7. The van der Waals surface area contributed by atoms with E-state index in [1.165, 1.54) is 0 Å². The largest absolute Gasteiger partial charge is 0.378 e. The number of rotatable bonds is 8. The van der Waals surface area contributed by atoms with Crippen LogP contribution in [0.5, 0.6) is 0 Å². The van der Waals surface area contributed by atoms with Gasteiger partial charge in [0, 0.05) is 6.61 Å². The van der Waals surface area contributed by atoms with Gasteiger partial charge in [-0.2, -0.15) is 0 Å². The number of ether oxygens (including phenoxy) is 1. The van der Waals surface area contributed by atoms with Gasteiger partial charge >= 0.3 is 0 Å². The van der Waals surface area contributed by atoms with E-state index >= 15 is 0 Å². The van der Waals surface area contributed by atoms with Crippen LogP contribution in [0.2, 0.25) is 0 Å². The molecule has 18 heavy (non-hydrogen) atoms. The van der Waals surface area contributed by atoms with Gasteiger partial charge in [0.15, 0.2) is 0 Å². The van der Waals surface area contributed by atoms with E-state index in [-0.39, 0.29) is 5.91 Å². The fourth-order valence-electron chi connectivity index (χ4n) is 3.15. The molecule has 3 atom stereocenters. The third-order valence-corrected chi connectivity index (χ3v) is 4.27. The molecule has 0 heterocycles. The standard InChI is InChI=1S/C14H28N2O2/c1-4-6-11(2)18-10-8-12-7-5-9-14(12,16-3)13(15)17/h11-12,16H,4-10H2,1-3H3,(H2,15,17). The monoisotopic (exact) mass is 256 g/mol. The minimum absolute atomic E-state index is 0.214. The molecule has 106 valence electrons. The fraction of sp³-hybridized carbons (Fsp3) is 0.929. The summed E-state index contributed by atoms with van der Waals surface area (Å²) in [5, 5.41) is 3.16. The minimum Gasteiger partial charge on any atom is -0.378 e. The van der Waals surface area contributed by atoms with Gasteiger partial charge in [-0.1, -0.05) is 19.8 Å². The first kappa shape index (κ1) is 15.4. The predicted molar refractivity (Wildman–Crippen MR) is 73.3 cm³/mol. The first-order valence-corrected chi connectivity index (χ1v) is 7.17. The molecule has 0 aliphatic heterocycles.